The van der Waals surface area contributed by atoms with Crippen LogP contribution in [0.1, 0.15) is 113 Å². The number of phenolic OH excluding ortho intramolecular Hbond substituents is 1. The molecule has 3 heteroatoms. The molecule has 2 nitrogen and oxygen atoms in total. The van der Waals surface area contributed by atoms with Crippen molar-refractivity contribution in [3.8, 4) is 5.75 Å². The molecule has 0 aromatic heterocycles. The van der Waals surface area contributed by atoms with Gasteiger partial charge in [0.05, 0.1) is 5.69 Å². The van der Waals surface area contributed by atoms with E-state index in [0.717, 1.165) is 16.8 Å². The van der Waals surface area contributed by atoms with Crippen molar-refractivity contribution in [3.63, 3.8) is 0 Å². The Morgan fingerprint density at radius 2 is 1.21 bits per heavy atom. The minimum atomic E-state index is -0.104. The van der Waals surface area contributed by atoms with Crippen LogP contribution in [-0.4, -0.2) is 11.3 Å². The van der Waals surface area contributed by atoms with E-state index < -0.39 is 0 Å². The van der Waals surface area contributed by atoms with Crippen LogP contribution in [0.2, 0.25) is 0 Å². The summed E-state index contributed by atoms with van der Waals surface area (Å²) in [6, 6.07) is 33.5. The summed E-state index contributed by atoms with van der Waals surface area (Å²) in [5.74, 6) is 1.79. The van der Waals surface area contributed by atoms with E-state index in [0.29, 0.717) is 23.5 Å². The van der Waals surface area contributed by atoms with Gasteiger partial charge in [-0.2, -0.15) is 36.4 Å². The van der Waals surface area contributed by atoms with Crippen molar-refractivity contribution < 1.29 is 24.6 Å². The van der Waals surface area contributed by atoms with Crippen molar-refractivity contribution >= 4 is 11.9 Å². The number of benzene rings is 4. The van der Waals surface area contributed by atoms with Crippen LogP contribution in [0.3, 0.4) is 0 Å². The Balaban J connectivity index is 0.000000802. The van der Waals surface area contributed by atoms with Crippen LogP contribution in [0.5, 0.6) is 5.75 Å². The molecule has 0 atom stereocenters. The molecule has 0 heterocycles. The monoisotopic (exact) mass is 665 g/mol. The van der Waals surface area contributed by atoms with E-state index in [-0.39, 0.29) is 32.3 Å². The van der Waals surface area contributed by atoms with Gasteiger partial charge in [0.2, 0.25) is 0 Å². The van der Waals surface area contributed by atoms with Crippen LogP contribution in [0.25, 0.3) is 0 Å². The number of nitrogens with zero attached hydrogens (tertiary/aromatic N) is 1. The first-order valence-corrected chi connectivity index (χ1v) is 14.8. The maximum Gasteiger partial charge on any atom is 2.00 e. The van der Waals surface area contributed by atoms with Crippen LogP contribution < -0.4 is 0 Å². The van der Waals surface area contributed by atoms with Crippen molar-refractivity contribution in [2.24, 2.45) is 4.99 Å². The van der Waals surface area contributed by atoms with Gasteiger partial charge in [-0.15, -0.1) is 0 Å². The molecule has 0 fully saturated rings. The zero-order valence-electron chi connectivity index (χ0n) is 28.2. The van der Waals surface area contributed by atoms with Gasteiger partial charge in [0.1, 0.15) is 5.75 Å². The zero-order valence-corrected chi connectivity index (χ0v) is 30.0. The topological polar surface area (TPSA) is 32.6 Å². The molecule has 4 aromatic carbocycles. The number of aromatic hydroxyl groups is 1. The van der Waals surface area contributed by atoms with E-state index in [1.165, 1.54) is 22.3 Å². The Morgan fingerprint density at radius 3 is 1.60 bits per heavy atom. The first-order chi connectivity index (χ1) is 19.3. The summed E-state index contributed by atoms with van der Waals surface area (Å²) in [5, 5.41) is 10.7. The summed E-state index contributed by atoms with van der Waals surface area (Å²) in [4.78, 5) is 4.82. The molecular weight excluding hydrogens is 612 g/mol. The molecular formula is C40H53NORu. The first-order valence-electron chi connectivity index (χ1n) is 14.8. The fourth-order valence-electron chi connectivity index (χ4n) is 4.36. The van der Waals surface area contributed by atoms with Gasteiger partial charge < -0.3 is 12.5 Å². The number of phenols is 1. The molecule has 0 aliphatic carbocycles. The van der Waals surface area contributed by atoms with Crippen molar-refractivity contribution in [2.75, 3.05) is 0 Å². The summed E-state index contributed by atoms with van der Waals surface area (Å²) in [6.07, 6.45) is 1.80. The molecule has 0 saturated carbocycles. The number of aliphatic imine (C=N–C) groups is 1. The fraction of sp³-hybridized carbons (Fsp3) is 0.350. The number of rotatable bonds is 5. The van der Waals surface area contributed by atoms with E-state index >= 15 is 0 Å². The third-order valence-corrected chi connectivity index (χ3v) is 6.90. The molecule has 4 aromatic rings. The predicted molar refractivity (Wildman–Crippen MR) is 186 cm³/mol. The molecule has 0 aliphatic heterocycles. The molecule has 0 bridgehead atoms. The number of para-hydroxylation sites is 2. The Labute approximate surface area is 276 Å². The molecule has 0 radical (unpaired) electrons. The second-order valence-corrected chi connectivity index (χ2v) is 12.5. The van der Waals surface area contributed by atoms with Crippen LogP contribution in [0.15, 0.2) is 96.0 Å². The van der Waals surface area contributed by atoms with E-state index in [1.807, 2.05) is 48.5 Å². The molecule has 0 spiro atoms. The Bertz CT molecular complexity index is 1290. The minimum absolute atomic E-state index is 0. The summed E-state index contributed by atoms with van der Waals surface area (Å²) in [7, 11) is 0. The maximum atomic E-state index is 10.7. The number of hydrogen-bond acceptors (Lipinski definition) is 2. The standard InChI is InChI=1S/C23H31NO.C10H14.C6H5.CH3.Ru/c1-15(2)18-11-9-12-19(16(3)4)21(18)24-14-17-10-8-13-20(22(17)25)23(5,6)7;1-8(2)10-6-4-9(3)5-7-10;1-2-4-6-5-3-1;;/h8-16,25H,1-7H3;4-8H,1-3H3;1-5H;1H3;/q;;2*-1;+2. The largest absolute Gasteiger partial charge is 2.00 e. The van der Waals surface area contributed by atoms with Crippen molar-refractivity contribution in [3.05, 3.63) is 138 Å². The van der Waals surface area contributed by atoms with Crippen molar-refractivity contribution in [1.29, 1.82) is 0 Å². The van der Waals surface area contributed by atoms with Gasteiger partial charge in [0.25, 0.3) is 0 Å². The summed E-state index contributed by atoms with van der Waals surface area (Å²) in [6.45, 7) is 21.6. The maximum absolute atomic E-state index is 10.7. The molecule has 0 aliphatic rings. The van der Waals surface area contributed by atoms with E-state index in [9.17, 15) is 5.11 Å². The average Bonchev–Trinajstić information content (AvgIpc) is 2.93. The molecule has 232 valence electrons. The summed E-state index contributed by atoms with van der Waals surface area (Å²) >= 11 is 0. The van der Waals surface area contributed by atoms with E-state index in [1.54, 1.807) is 6.21 Å². The van der Waals surface area contributed by atoms with Crippen molar-refractivity contribution in [1.82, 2.24) is 0 Å². The van der Waals surface area contributed by atoms with E-state index in [2.05, 4.69) is 118 Å². The second-order valence-electron chi connectivity index (χ2n) is 12.5. The van der Waals surface area contributed by atoms with Gasteiger partial charge in [-0.1, -0.05) is 122 Å². The minimum Gasteiger partial charge on any atom is -0.507 e. The summed E-state index contributed by atoms with van der Waals surface area (Å²) < 4.78 is 0. The van der Waals surface area contributed by atoms with Crippen LogP contribution in [0.4, 0.5) is 5.69 Å². The molecule has 1 N–H and O–H groups in total. The first kappa shape index (κ1) is 40.0. The van der Waals surface area contributed by atoms with Crippen LogP contribution >= 0.6 is 0 Å². The molecule has 43 heavy (non-hydrogen) atoms. The number of aryl methyl sites for hydroxylation is 1. The van der Waals surface area contributed by atoms with Gasteiger partial charge in [-0.05, 0) is 58.4 Å². The third-order valence-electron chi connectivity index (χ3n) is 6.90. The third kappa shape index (κ3) is 13.0. The quantitative estimate of drug-likeness (QED) is 0.129. The molecule has 4 rings (SSSR count). The van der Waals surface area contributed by atoms with E-state index in [4.69, 9.17) is 4.99 Å². The van der Waals surface area contributed by atoms with Crippen LogP contribution in [-0.2, 0) is 24.9 Å². The Kier molecular flexibility index (Phi) is 17.9. The Hall–Kier alpha value is -3.03. The van der Waals surface area contributed by atoms with Crippen molar-refractivity contribution in [2.45, 2.75) is 92.4 Å². The normalized spacial score (nSPS) is 10.8. The molecule has 0 saturated heterocycles. The molecule has 0 unspecified atom stereocenters. The van der Waals surface area contributed by atoms with Gasteiger partial charge in [-0.3, -0.25) is 4.99 Å². The smallest absolute Gasteiger partial charge is 0.507 e. The fourth-order valence-corrected chi connectivity index (χ4v) is 4.36. The van der Waals surface area contributed by atoms with Gasteiger partial charge in [0.15, 0.2) is 0 Å². The SMILES string of the molecule is CC(C)c1cccc(C(C)C)c1N=Cc1cccc(C(C)(C)C)c1O.Cc1ccc(C(C)C)cc1.[CH3-].[Ru+2].[c-]1ccccc1. The van der Waals surface area contributed by atoms with Crippen LogP contribution in [0, 0.1) is 20.4 Å². The van der Waals surface area contributed by atoms with Gasteiger partial charge >= 0.3 is 19.5 Å². The Morgan fingerprint density at radius 1 is 0.698 bits per heavy atom. The average molecular weight is 665 g/mol. The summed E-state index contributed by atoms with van der Waals surface area (Å²) in [5.41, 5.74) is 7.89. The molecule has 0 amide bonds. The number of hydrogen-bond donors (Lipinski definition) is 1. The zero-order chi connectivity index (χ0) is 30.6. The van der Waals surface area contributed by atoms with Gasteiger partial charge in [-0.25, -0.2) is 0 Å². The van der Waals surface area contributed by atoms with Gasteiger partial charge in [0, 0.05) is 11.8 Å². The second kappa shape index (κ2) is 19.3. The predicted octanol–water partition coefficient (Wildman–Crippen LogP) is 11.7.